The third-order valence-corrected chi connectivity index (χ3v) is 2.95. The van der Waals surface area contributed by atoms with Crippen LogP contribution in [0.4, 0.5) is 10.8 Å². The Kier molecular flexibility index (Phi) is 3.15. The van der Waals surface area contributed by atoms with E-state index >= 15 is 0 Å². The van der Waals surface area contributed by atoms with Gasteiger partial charge in [-0.3, -0.25) is 0 Å². The van der Waals surface area contributed by atoms with Gasteiger partial charge in [0.05, 0.1) is 10.7 Å². The first-order valence-electron chi connectivity index (χ1n) is 4.33. The number of aromatic nitrogens is 2. The van der Waals surface area contributed by atoms with Crippen molar-refractivity contribution in [3.63, 3.8) is 0 Å². The maximum atomic E-state index is 5.98. The molecule has 0 bridgehead atoms. The Morgan fingerprint density at radius 1 is 1.33 bits per heavy atom. The van der Waals surface area contributed by atoms with Crippen LogP contribution in [0.2, 0.25) is 5.02 Å². The van der Waals surface area contributed by atoms with Crippen LogP contribution in [0.15, 0.2) is 24.3 Å². The lowest BCUT2D eigenvalue weighted by Gasteiger charge is -2.02. The fraction of sp³-hybridized carbons (Fsp3) is 0.111. The summed E-state index contributed by atoms with van der Waals surface area (Å²) in [6.45, 7) is 0.405. The first-order valence-corrected chi connectivity index (χ1v) is 5.53. The van der Waals surface area contributed by atoms with Crippen molar-refractivity contribution in [2.45, 2.75) is 6.54 Å². The summed E-state index contributed by atoms with van der Waals surface area (Å²) in [4.78, 5) is 0. The molecule has 78 valence electrons. The highest BCUT2D eigenvalue weighted by molar-refractivity contribution is 7.15. The lowest BCUT2D eigenvalue weighted by molar-refractivity contribution is 0.960. The minimum Gasteiger partial charge on any atom is -0.329 e. The molecule has 0 radical (unpaired) electrons. The van der Waals surface area contributed by atoms with Crippen LogP contribution in [0, 0.1) is 0 Å². The highest BCUT2D eigenvalue weighted by Gasteiger charge is 2.04. The normalized spacial score (nSPS) is 10.3. The van der Waals surface area contributed by atoms with Crippen LogP contribution in [0.3, 0.4) is 0 Å². The van der Waals surface area contributed by atoms with Crippen molar-refractivity contribution in [3.05, 3.63) is 34.3 Å². The van der Waals surface area contributed by atoms with Gasteiger partial charge in [0.1, 0.15) is 5.01 Å². The van der Waals surface area contributed by atoms with Gasteiger partial charge in [0, 0.05) is 6.54 Å². The Labute approximate surface area is 96.1 Å². The van der Waals surface area contributed by atoms with E-state index in [4.69, 9.17) is 17.3 Å². The van der Waals surface area contributed by atoms with Crippen molar-refractivity contribution >= 4 is 33.8 Å². The van der Waals surface area contributed by atoms with Gasteiger partial charge in [0.15, 0.2) is 0 Å². The van der Waals surface area contributed by atoms with Crippen LogP contribution in [-0.4, -0.2) is 10.2 Å². The van der Waals surface area contributed by atoms with E-state index in [2.05, 4.69) is 15.5 Å². The van der Waals surface area contributed by atoms with Gasteiger partial charge in [-0.2, -0.15) is 0 Å². The maximum absolute atomic E-state index is 5.98. The first kappa shape index (κ1) is 10.4. The molecule has 4 nitrogen and oxygen atoms in total. The standard InChI is InChI=1S/C9H9ClN4S/c10-6-3-1-2-4-7(6)12-9-14-13-8(5-11)15-9/h1-4H,5,11H2,(H,12,14). The van der Waals surface area contributed by atoms with Crippen LogP contribution in [0.25, 0.3) is 0 Å². The number of nitrogens with zero attached hydrogens (tertiary/aromatic N) is 2. The Morgan fingerprint density at radius 3 is 2.80 bits per heavy atom. The van der Waals surface area contributed by atoms with Gasteiger partial charge in [-0.15, -0.1) is 10.2 Å². The number of hydrogen-bond donors (Lipinski definition) is 2. The highest BCUT2D eigenvalue weighted by atomic mass is 35.5. The van der Waals surface area contributed by atoms with Crippen LogP contribution in [0.1, 0.15) is 5.01 Å². The molecule has 0 saturated carbocycles. The third-order valence-electron chi connectivity index (χ3n) is 1.76. The van der Waals surface area contributed by atoms with E-state index in [1.165, 1.54) is 11.3 Å². The molecule has 2 aromatic rings. The SMILES string of the molecule is NCc1nnc(Nc2ccccc2Cl)s1. The zero-order chi connectivity index (χ0) is 10.7. The second kappa shape index (κ2) is 4.57. The third kappa shape index (κ3) is 2.44. The van der Waals surface area contributed by atoms with Gasteiger partial charge in [-0.25, -0.2) is 0 Å². The first-order chi connectivity index (χ1) is 7.29. The molecule has 0 amide bonds. The van der Waals surface area contributed by atoms with E-state index in [1.807, 2.05) is 24.3 Å². The summed E-state index contributed by atoms with van der Waals surface area (Å²) < 4.78 is 0. The van der Waals surface area contributed by atoms with E-state index in [1.54, 1.807) is 0 Å². The summed E-state index contributed by atoms with van der Waals surface area (Å²) in [5.41, 5.74) is 6.26. The molecule has 0 aliphatic carbocycles. The molecular formula is C9H9ClN4S. The fourth-order valence-electron chi connectivity index (χ4n) is 1.06. The molecule has 0 spiro atoms. The topological polar surface area (TPSA) is 63.8 Å². The Hall–Kier alpha value is -1.17. The summed E-state index contributed by atoms with van der Waals surface area (Å²) in [5, 5.41) is 13.1. The van der Waals surface area contributed by atoms with Gasteiger partial charge in [-0.05, 0) is 12.1 Å². The smallest absolute Gasteiger partial charge is 0.210 e. The number of rotatable bonds is 3. The molecule has 0 fully saturated rings. The molecule has 0 aliphatic heterocycles. The highest BCUT2D eigenvalue weighted by Crippen LogP contribution is 2.26. The minimum atomic E-state index is 0.405. The number of para-hydroxylation sites is 1. The summed E-state index contributed by atoms with van der Waals surface area (Å²) in [6.07, 6.45) is 0. The monoisotopic (exact) mass is 240 g/mol. The molecule has 0 atom stereocenters. The number of anilines is 2. The van der Waals surface area contributed by atoms with Gasteiger partial charge in [0.25, 0.3) is 0 Å². The Bertz CT molecular complexity index is 457. The minimum absolute atomic E-state index is 0.405. The number of benzene rings is 1. The van der Waals surface area contributed by atoms with Crippen molar-refractivity contribution in [2.75, 3.05) is 5.32 Å². The van der Waals surface area contributed by atoms with Crippen molar-refractivity contribution < 1.29 is 0 Å². The van der Waals surface area contributed by atoms with E-state index < -0.39 is 0 Å². The van der Waals surface area contributed by atoms with Crippen molar-refractivity contribution in [1.82, 2.24) is 10.2 Å². The molecule has 2 rings (SSSR count). The fourth-order valence-corrected chi connectivity index (χ4v) is 1.88. The van der Waals surface area contributed by atoms with Crippen LogP contribution in [-0.2, 0) is 6.54 Å². The largest absolute Gasteiger partial charge is 0.329 e. The van der Waals surface area contributed by atoms with E-state index in [0.717, 1.165) is 10.7 Å². The zero-order valence-corrected chi connectivity index (χ0v) is 9.35. The van der Waals surface area contributed by atoms with E-state index in [0.29, 0.717) is 16.7 Å². The summed E-state index contributed by atoms with van der Waals surface area (Å²) in [7, 11) is 0. The lowest BCUT2D eigenvalue weighted by atomic mass is 10.3. The van der Waals surface area contributed by atoms with Gasteiger partial charge in [0.2, 0.25) is 5.13 Å². The summed E-state index contributed by atoms with van der Waals surface area (Å²) >= 11 is 7.40. The molecular weight excluding hydrogens is 232 g/mol. The van der Waals surface area contributed by atoms with Crippen molar-refractivity contribution in [3.8, 4) is 0 Å². The average Bonchev–Trinajstić information content (AvgIpc) is 2.69. The molecule has 6 heteroatoms. The Morgan fingerprint density at radius 2 is 2.13 bits per heavy atom. The van der Waals surface area contributed by atoms with E-state index in [9.17, 15) is 0 Å². The molecule has 1 heterocycles. The molecule has 15 heavy (non-hydrogen) atoms. The van der Waals surface area contributed by atoms with Gasteiger partial charge >= 0.3 is 0 Å². The second-order valence-corrected chi connectivity index (χ2v) is 4.28. The molecule has 3 N–H and O–H groups in total. The number of halogens is 1. The average molecular weight is 241 g/mol. The second-order valence-electron chi connectivity index (χ2n) is 2.81. The molecule has 0 unspecified atom stereocenters. The predicted molar refractivity (Wildman–Crippen MR) is 62.5 cm³/mol. The lowest BCUT2D eigenvalue weighted by Crippen LogP contribution is -1.94. The number of nitrogens with two attached hydrogens (primary N) is 1. The van der Waals surface area contributed by atoms with Crippen LogP contribution < -0.4 is 11.1 Å². The van der Waals surface area contributed by atoms with Gasteiger partial charge in [-0.1, -0.05) is 35.1 Å². The van der Waals surface area contributed by atoms with Crippen molar-refractivity contribution in [2.24, 2.45) is 5.73 Å². The zero-order valence-electron chi connectivity index (χ0n) is 7.77. The Balaban J connectivity index is 2.18. The predicted octanol–water partition coefficient (Wildman–Crippen LogP) is 2.39. The summed E-state index contributed by atoms with van der Waals surface area (Å²) in [5.74, 6) is 0. The molecule has 0 aliphatic rings. The molecule has 1 aromatic heterocycles. The van der Waals surface area contributed by atoms with Crippen LogP contribution in [0.5, 0.6) is 0 Å². The molecule has 0 saturated heterocycles. The molecule has 1 aromatic carbocycles. The van der Waals surface area contributed by atoms with Crippen LogP contribution >= 0.6 is 22.9 Å². The van der Waals surface area contributed by atoms with E-state index in [-0.39, 0.29) is 0 Å². The number of hydrogen-bond acceptors (Lipinski definition) is 5. The summed E-state index contributed by atoms with van der Waals surface area (Å²) in [6, 6.07) is 7.47. The van der Waals surface area contributed by atoms with Crippen molar-refractivity contribution in [1.29, 1.82) is 0 Å². The van der Waals surface area contributed by atoms with Gasteiger partial charge < -0.3 is 11.1 Å². The quantitative estimate of drug-likeness (QED) is 0.865. The maximum Gasteiger partial charge on any atom is 0.210 e. The number of nitrogens with one attached hydrogen (secondary N) is 1.